The van der Waals surface area contributed by atoms with E-state index in [1.165, 1.54) is 28.5 Å². The lowest BCUT2D eigenvalue weighted by molar-refractivity contribution is 0.0731. The molecule has 168 valence electrons. The van der Waals surface area contributed by atoms with Crippen LogP contribution in [0.5, 0.6) is 11.5 Å². The largest absolute Gasteiger partial charge is 0.454 e. The Bertz CT molecular complexity index is 1110. The third kappa shape index (κ3) is 4.34. The second-order valence-electron chi connectivity index (χ2n) is 8.74. The van der Waals surface area contributed by atoms with E-state index in [9.17, 15) is 4.79 Å². The highest BCUT2D eigenvalue weighted by molar-refractivity contribution is 7.17. The number of benzene rings is 2. The summed E-state index contributed by atoms with van der Waals surface area (Å²) in [6.45, 7) is 3.92. The van der Waals surface area contributed by atoms with Crippen LogP contribution in [0.4, 0.5) is 0 Å². The van der Waals surface area contributed by atoms with Gasteiger partial charge >= 0.3 is 0 Å². The number of hydrogen-bond donors (Lipinski definition) is 0. The Labute approximate surface area is 193 Å². The average Bonchev–Trinajstić information content (AvgIpc) is 3.45. The van der Waals surface area contributed by atoms with Crippen molar-refractivity contribution in [1.82, 2.24) is 9.80 Å². The van der Waals surface area contributed by atoms with Crippen LogP contribution in [-0.2, 0) is 12.8 Å². The number of hydrogen-bond acceptors (Lipinski definition) is 5. The smallest absolute Gasteiger partial charge is 0.254 e. The number of rotatable bonds is 9. The van der Waals surface area contributed by atoms with E-state index < -0.39 is 0 Å². The molecular formula is C26H30N2O3S. The summed E-state index contributed by atoms with van der Waals surface area (Å²) in [6, 6.07) is 12.4. The molecule has 1 aromatic heterocycles. The number of ether oxygens (including phenoxy) is 2. The highest BCUT2D eigenvalue weighted by Crippen LogP contribution is 2.39. The van der Waals surface area contributed by atoms with Gasteiger partial charge in [0.25, 0.3) is 5.91 Å². The molecule has 3 heterocycles. The van der Waals surface area contributed by atoms with Crippen LogP contribution in [0.15, 0.2) is 41.8 Å². The molecule has 0 bridgehead atoms. The Morgan fingerprint density at radius 2 is 1.94 bits per heavy atom. The van der Waals surface area contributed by atoms with Crippen molar-refractivity contribution in [3.63, 3.8) is 0 Å². The second kappa shape index (κ2) is 9.51. The minimum absolute atomic E-state index is 0.121. The molecule has 5 rings (SSSR count). The van der Waals surface area contributed by atoms with Crippen molar-refractivity contribution < 1.29 is 14.3 Å². The quantitative estimate of drug-likeness (QED) is 0.432. The fourth-order valence-corrected chi connectivity index (χ4v) is 5.77. The zero-order valence-corrected chi connectivity index (χ0v) is 19.5. The number of carbonyl (C=O) groups excluding carboxylic acids is 1. The molecule has 32 heavy (non-hydrogen) atoms. The first-order valence-electron chi connectivity index (χ1n) is 11.5. The van der Waals surface area contributed by atoms with Gasteiger partial charge in [-0.25, -0.2) is 0 Å². The first-order valence-corrected chi connectivity index (χ1v) is 12.4. The van der Waals surface area contributed by atoms with Gasteiger partial charge in [-0.05, 0) is 86.8 Å². The van der Waals surface area contributed by atoms with E-state index in [4.69, 9.17) is 9.47 Å². The van der Waals surface area contributed by atoms with Gasteiger partial charge in [0, 0.05) is 28.9 Å². The first-order chi connectivity index (χ1) is 15.7. The molecule has 0 radical (unpaired) electrons. The van der Waals surface area contributed by atoms with E-state index >= 15 is 0 Å². The SMILES string of the molecule is CN(CCCCc1csc2ccccc12)CCCN1CCc2c(ccc3c2OCO3)C1=O. The van der Waals surface area contributed by atoms with Crippen molar-refractivity contribution in [2.75, 3.05) is 40.0 Å². The molecule has 2 aromatic carbocycles. The van der Waals surface area contributed by atoms with Crippen LogP contribution in [0, 0.1) is 0 Å². The van der Waals surface area contributed by atoms with Crippen LogP contribution in [0.3, 0.4) is 0 Å². The van der Waals surface area contributed by atoms with E-state index in [-0.39, 0.29) is 12.7 Å². The van der Waals surface area contributed by atoms with E-state index in [1.54, 1.807) is 0 Å². The zero-order chi connectivity index (χ0) is 21.9. The number of carbonyl (C=O) groups is 1. The molecule has 0 fully saturated rings. The average molecular weight is 451 g/mol. The summed E-state index contributed by atoms with van der Waals surface area (Å²) in [5, 5.41) is 3.73. The summed E-state index contributed by atoms with van der Waals surface area (Å²) >= 11 is 1.85. The Morgan fingerprint density at radius 1 is 1.06 bits per heavy atom. The van der Waals surface area contributed by atoms with Gasteiger partial charge in [-0.15, -0.1) is 11.3 Å². The lowest BCUT2D eigenvalue weighted by atomic mass is 9.97. The van der Waals surface area contributed by atoms with Crippen molar-refractivity contribution >= 4 is 27.3 Å². The van der Waals surface area contributed by atoms with Crippen LogP contribution in [0.2, 0.25) is 0 Å². The summed E-state index contributed by atoms with van der Waals surface area (Å²) in [4.78, 5) is 17.3. The number of nitrogens with zero attached hydrogens (tertiary/aromatic N) is 2. The highest BCUT2D eigenvalue weighted by atomic mass is 32.1. The van der Waals surface area contributed by atoms with Crippen LogP contribution >= 0.6 is 11.3 Å². The van der Waals surface area contributed by atoms with Crippen molar-refractivity contribution in [1.29, 1.82) is 0 Å². The summed E-state index contributed by atoms with van der Waals surface area (Å²) in [5.41, 5.74) is 3.27. The summed E-state index contributed by atoms with van der Waals surface area (Å²) < 4.78 is 12.4. The topological polar surface area (TPSA) is 42.0 Å². The summed E-state index contributed by atoms with van der Waals surface area (Å²) in [6.07, 6.45) is 5.39. The molecule has 0 aliphatic carbocycles. The zero-order valence-electron chi connectivity index (χ0n) is 18.6. The normalized spacial score (nSPS) is 15.1. The third-order valence-corrected chi connectivity index (χ3v) is 7.57. The molecule has 3 aromatic rings. The maximum Gasteiger partial charge on any atom is 0.254 e. The Kier molecular flexibility index (Phi) is 6.32. The summed E-state index contributed by atoms with van der Waals surface area (Å²) in [5.74, 6) is 1.65. The fourth-order valence-electron chi connectivity index (χ4n) is 4.78. The standard InChI is InChI=1S/C26H30N2O3S/c1-27(13-5-4-7-19-17-32-24-9-3-2-8-20(19)24)14-6-15-28-16-12-21-22(26(28)29)10-11-23-25(21)31-18-30-23/h2-3,8-11,17H,4-7,12-16,18H2,1H3. The van der Waals surface area contributed by atoms with Crippen molar-refractivity contribution in [2.45, 2.75) is 32.1 Å². The van der Waals surface area contributed by atoms with Gasteiger partial charge in [-0.1, -0.05) is 18.2 Å². The van der Waals surface area contributed by atoms with Gasteiger partial charge in [-0.2, -0.15) is 0 Å². The van der Waals surface area contributed by atoms with Crippen molar-refractivity contribution in [2.24, 2.45) is 0 Å². The Morgan fingerprint density at radius 3 is 2.88 bits per heavy atom. The van der Waals surface area contributed by atoms with Gasteiger partial charge in [0.15, 0.2) is 11.5 Å². The lowest BCUT2D eigenvalue weighted by Gasteiger charge is -2.29. The van der Waals surface area contributed by atoms with Gasteiger partial charge < -0.3 is 19.3 Å². The molecule has 1 amide bonds. The van der Waals surface area contributed by atoms with Gasteiger partial charge in [0.05, 0.1) is 0 Å². The lowest BCUT2D eigenvalue weighted by Crippen LogP contribution is -2.39. The number of amides is 1. The van der Waals surface area contributed by atoms with Crippen LogP contribution < -0.4 is 9.47 Å². The fraction of sp³-hybridized carbons (Fsp3) is 0.423. The third-order valence-electron chi connectivity index (χ3n) is 6.56. The number of thiophene rings is 1. The maximum absolute atomic E-state index is 12.9. The number of fused-ring (bicyclic) bond motifs is 4. The molecule has 2 aliphatic heterocycles. The van der Waals surface area contributed by atoms with E-state index in [1.807, 2.05) is 28.4 Å². The molecule has 0 saturated carbocycles. The van der Waals surface area contributed by atoms with Crippen LogP contribution in [-0.4, -0.2) is 55.7 Å². The Hall–Kier alpha value is -2.57. The minimum Gasteiger partial charge on any atom is -0.454 e. The first kappa shape index (κ1) is 21.3. The molecule has 0 spiro atoms. The van der Waals surface area contributed by atoms with Crippen molar-refractivity contribution in [3.05, 3.63) is 58.5 Å². The predicted octanol–water partition coefficient (Wildman–Crippen LogP) is 4.97. The van der Waals surface area contributed by atoms with E-state index in [2.05, 4.69) is 41.6 Å². The summed E-state index contributed by atoms with van der Waals surface area (Å²) in [7, 11) is 2.19. The molecule has 0 atom stereocenters. The number of unbranched alkanes of at least 4 members (excludes halogenated alkanes) is 1. The monoisotopic (exact) mass is 450 g/mol. The molecule has 6 heteroatoms. The molecule has 2 aliphatic rings. The predicted molar refractivity (Wildman–Crippen MR) is 129 cm³/mol. The van der Waals surface area contributed by atoms with Gasteiger partial charge in [0.1, 0.15) is 0 Å². The Balaban J connectivity index is 1.04. The van der Waals surface area contributed by atoms with Crippen molar-refractivity contribution in [3.8, 4) is 11.5 Å². The minimum atomic E-state index is 0.121. The molecular weight excluding hydrogens is 420 g/mol. The van der Waals surface area contributed by atoms with Crippen LogP contribution in [0.1, 0.15) is 40.7 Å². The number of aryl methyl sites for hydroxylation is 1. The van der Waals surface area contributed by atoms with E-state index in [0.717, 1.165) is 68.1 Å². The highest BCUT2D eigenvalue weighted by Gasteiger charge is 2.30. The molecule has 0 saturated heterocycles. The molecule has 0 unspecified atom stereocenters. The molecule has 0 N–H and O–H groups in total. The van der Waals surface area contributed by atoms with E-state index in [0.29, 0.717) is 0 Å². The van der Waals surface area contributed by atoms with Gasteiger partial charge in [0.2, 0.25) is 6.79 Å². The van der Waals surface area contributed by atoms with Crippen LogP contribution in [0.25, 0.3) is 10.1 Å². The van der Waals surface area contributed by atoms with Gasteiger partial charge in [-0.3, -0.25) is 4.79 Å². The molecule has 5 nitrogen and oxygen atoms in total. The second-order valence-corrected chi connectivity index (χ2v) is 9.65. The maximum atomic E-state index is 12.9.